The van der Waals surface area contributed by atoms with E-state index >= 15 is 0 Å². The van der Waals surface area contributed by atoms with E-state index < -0.39 is 0 Å². The molecule has 4 rings (SSSR count). The normalized spacial score (nSPS) is 17.5. The molecule has 0 aliphatic carbocycles. The van der Waals surface area contributed by atoms with E-state index in [1.54, 1.807) is 24.5 Å². The van der Waals surface area contributed by atoms with Crippen molar-refractivity contribution in [2.75, 3.05) is 18.0 Å². The molecule has 3 aromatic rings. The molecule has 0 saturated carbocycles. The quantitative estimate of drug-likeness (QED) is 0.770. The van der Waals surface area contributed by atoms with Gasteiger partial charge in [-0.2, -0.15) is 9.61 Å². The Kier molecular flexibility index (Phi) is 4.51. The SMILES string of the molecule is Cc1cc(C(=O)NC2CCCN(c3ccnc4ccnn34)C2)ccc1Cl. The lowest BCUT2D eigenvalue weighted by molar-refractivity contribution is 0.0933. The summed E-state index contributed by atoms with van der Waals surface area (Å²) < 4.78 is 1.84. The van der Waals surface area contributed by atoms with Crippen LogP contribution in [0.25, 0.3) is 5.65 Å². The fraction of sp³-hybridized carbons (Fsp3) is 0.316. The van der Waals surface area contributed by atoms with Crippen LogP contribution < -0.4 is 10.2 Å². The van der Waals surface area contributed by atoms with Crippen molar-refractivity contribution in [2.45, 2.75) is 25.8 Å². The lowest BCUT2D eigenvalue weighted by atomic mass is 10.0. The molecule has 3 heterocycles. The Hall–Kier alpha value is -2.60. The molecular formula is C19H20ClN5O. The van der Waals surface area contributed by atoms with Gasteiger partial charge in [0.05, 0.1) is 6.20 Å². The zero-order chi connectivity index (χ0) is 18.1. The summed E-state index contributed by atoms with van der Waals surface area (Å²) in [5.74, 6) is 0.942. The smallest absolute Gasteiger partial charge is 0.251 e. The number of anilines is 1. The Morgan fingerprint density at radius 3 is 3.00 bits per heavy atom. The lowest BCUT2D eigenvalue weighted by Gasteiger charge is -2.34. The first kappa shape index (κ1) is 16.8. The molecule has 2 aromatic heterocycles. The highest BCUT2D eigenvalue weighted by Gasteiger charge is 2.23. The molecule has 1 fully saturated rings. The topological polar surface area (TPSA) is 62.5 Å². The summed E-state index contributed by atoms with van der Waals surface area (Å²) in [7, 11) is 0. The fourth-order valence-corrected chi connectivity index (χ4v) is 3.54. The van der Waals surface area contributed by atoms with E-state index in [1.165, 1.54) is 0 Å². The molecule has 0 spiro atoms. The number of piperidine rings is 1. The first-order valence-corrected chi connectivity index (χ1v) is 9.10. The molecule has 134 valence electrons. The summed E-state index contributed by atoms with van der Waals surface area (Å²) in [4.78, 5) is 19.2. The average Bonchev–Trinajstić information content (AvgIpc) is 3.13. The fourth-order valence-electron chi connectivity index (χ4n) is 3.42. The van der Waals surface area contributed by atoms with Crippen molar-refractivity contribution in [3.63, 3.8) is 0 Å². The van der Waals surface area contributed by atoms with Gasteiger partial charge in [0.2, 0.25) is 0 Å². The van der Waals surface area contributed by atoms with E-state index in [0.717, 1.165) is 43.0 Å². The maximum atomic E-state index is 12.6. The van der Waals surface area contributed by atoms with E-state index in [4.69, 9.17) is 11.6 Å². The first-order valence-electron chi connectivity index (χ1n) is 8.72. The average molecular weight is 370 g/mol. The number of fused-ring (bicyclic) bond motifs is 1. The zero-order valence-corrected chi connectivity index (χ0v) is 15.3. The third-order valence-corrected chi connectivity index (χ3v) is 5.19. The maximum Gasteiger partial charge on any atom is 0.251 e. The van der Waals surface area contributed by atoms with Crippen molar-refractivity contribution in [1.29, 1.82) is 0 Å². The molecule has 1 saturated heterocycles. The predicted molar refractivity (Wildman–Crippen MR) is 102 cm³/mol. The van der Waals surface area contributed by atoms with Crippen LogP contribution in [0.1, 0.15) is 28.8 Å². The highest BCUT2D eigenvalue weighted by atomic mass is 35.5. The molecule has 1 amide bonds. The molecule has 1 N–H and O–H groups in total. The van der Waals surface area contributed by atoms with Crippen LogP contribution in [-0.2, 0) is 0 Å². The number of rotatable bonds is 3. The largest absolute Gasteiger partial charge is 0.354 e. The molecular weight excluding hydrogens is 350 g/mol. The number of aryl methyl sites for hydroxylation is 1. The number of halogens is 1. The van der Waals surface area contributed by atoms with Crippen LogP contribution >= 0.6 is 11.6 Å². The van der Waals surface area contributed by atoms with Gasteiger partial charge in [-0.05, 0) is 49.6 Å². The van der Waals surface area contributed by atoms with E-state index in [1.807, 2.05) is 29.6 Å². The second-order valence-corrected chi connectivity index (χ2v) is 7.03. The van der Waals surface area contributed by atoms with E-state index in [9.17, 15) is 4.79 Å². The highest BCUT2D eigenvalue weighted by molar-refractivity contribution is 6.31. The van der Waals surface area contributed by atoms with Crippen LogP contribution in [0.15, 0.2) is 42.7 Å². The van der Waals surface area contributed by atoms with Gasteiger partial charge in [-0.15, -0.1) is 0 Å². The Morgan fingerprint density at radius 2 is 2.15 bits per heavy atom. The van der Waals surface area contributed by atoms with Crippen molar-refractivity contribution < 1.29 is 4.79 Å². The monoisotopic (exact) mass is 369 g/mol. The number of carbonyl (C=O) groups is 1. The summed E-state index contributed by atoms with van der Waals surface area (Å²) in [6.07, 6.45) is 5.51. The first-order chi connectivity index (χ1) is 12.6. The third-order valence-electron chi connectivity index (χ3n) is 4.77. The van der Waals surface area contributed by atoms with Gasteiger partial charge in [0, 0.05) is 42.0 Å². The van der Waals surface area contributed by atoms with Gasteiger partial charge in [-0.25, -0.2) is 4.98 Å². The minimum Gasteiger partial charge on any atom is -0.354 e. The van der Waals surface area contributed by atoms with Gasteiger partial charge in [-0.3, -0.25) is 4.79 Å². The summed E-state index contributed by atoms with van der Waals surface area (Å²) in [6, 6.07) is 9.30. The Bertz CT molecular complexity index is 954. The lowest BCUT2D eigenvalue weighted by Crippen LogP contribution is -2.48. The number of nitrogens with zero attached hydrogens (tertiary/aromatic N) is 4. The molecule has 0 bridgehead atoms. The third kappa shape index (κ3) is 3.24. The minimum atomic E-state index is -0.0596. The molecule has 0 radical (unpaired) electrons. The van der Waals surface area contributed by atoms with Crippen LogP contribution in [-0.4, -0.2) is 39.6 Å². The van der Waals surface area contributed by atoms with E-state index in [2.05, 4.69) is 20.3 Å². The number of benzene rings is 1. The molecule has 1 aliphatic heterocycles. The Labute approximate surface area is 156 Å². The molecule has 1 atom stereocenters. The van der Waals surface area contributed by atoms with E-state index in [0.29, 0.717) is 10.6 Å². The summed E-state index contributed by atoms with van der Waals surface area (Å²) in [5, 5.41) is 8.19. The minimum absolute atomic E-state index is 0.0596. The number of carbonyl (C=O) groups excluding carboxylic acids is 1. The predicted octanol–water partition coefficient (Wildman–Crippen LogP) is 3.09. The second kappa shape index (κ2) is 6.96. The van der Waals surface area contributed by atoms with Crippen molar-refractivity contribution in [3.8, 4) is 0 Å². The molecule has 1 aliphatic rings. The summed E-state index contributed by atoms with van der Waals surface area (Å²) in [5.41, 5.74) is 2.37. The summed E-state index contributed by atoms with van der Waals surface area (Å²) in [6.45, 7) is 3.59. The van der Waals surface area contributed by atoms with Gasteiger partial charge < -0.3 is 10.2 Å². The molecule has 1 aromatic carbocycles. The van der Waals surface area contributed by atoms with Crippen LogP contribution in [0, 0.1) is 6.92 Å². The number of hydrogen-bond acceptors (Lipinski definition) is 4. The standard InChI is InChI=1S/C19H20ClN5O/c1-13-11-14(4-5-16(13)20)19(26)23-15-3-2-10-24(12-15)18-7-8-21-17-6-9-22-25(17)18/h4-9,11,15H,2-3,10,12H2,1H3,(H,23,26). The highest BCUT2D eigenvalue weighted by Crippen LogP contribution is 2.21. The second-order valence-electron chi connectivity index (χ2n) is 6.63. The number of amides is 1. The number of aromatic nitrogens is 3. The van der Waals surface area contributed by atoms with Gasteiger partial charge in [-0.1, -0.05) is 11.6 Å². The zero-order valence-electron chi connectivity index (χ0n) is 14.5. The summed E-state index contributed by atoms with van der Waals surface area (Å²) >= 11 is 6.05. The molecule has 6 nitrogen and oxygen atoms in total. The van der Waals surface area contributed by atoms with Crippen LogP contribution in [0.3, 0.4) is 0 Å². The van der Waals surface area contributed by atoms with E-state index in [-0.39, 0.29) is 11.9 Å². The maximum absolute atomic E-state index is 12.6. The van der Waals surface area contributed by atoms with Crippen molar-refractivity contribution in [2.24, 2.45) is 0 Å². The number of nitrogens with one attached hydrogen (secondary N) is 1. The van der Waals surface area contributed by atoms with Crippen LogP contribution in [0.4, 0.5) is 5.82 Å². The van der Waals surface area contributed by atoms with Crippen molar-refractivity contribution in [1.82, 2.24) is 19.9 Å². The molecule has 26 heavy (non-hydrogen) atoms. The van der Waals surface area contributed by atoms with Crippen molar-refractivity contribution >= 4 is 29.0 Å². The van der Waals surface area contributed by atoms with Gasteiger partial charge in [0.25, 0.3) is 5.91 Å². The van der Waals surface area contributed by atoms with Gasteiger partial charge >= 0.3 is 0 Å². The molecule has 1 unspecified atom stereocenters. The van der Waals surface area contributed by atoms with Crippen molar-refractivity contribution in [3.05, 3.63) is 58.9 Å². The number of hydrogen-bond donors (Lipinski definition) is 1. The Morgan fingerprint density at radius 1 is 1.27 bits per heavy atom. The Balaban J connectivity index is 1.49. The van der Waals surface area contributed by atoms with Crippen LogP contribution in [0.5, 0.6) is 0 Å². The van der Waals surface area contributed by atoms with Gasteiger partial charge in [0.15, 0.2) is 5.65 Å². The molecule has 7 heteroatoms. The van der Waals surface area contributed by atoms with Gasteiger partial charge in [0.1, 0.15) is 5.82 Å². The van der Waals surface area contributed by atoms with Crippen LogP contribution in [0.2, 0.25) is 5.02 Å².